The van der Waals surface area contributed by atoms with Crippen LogP contribution in [0.4, 0.5) is 0 Å². The molecule has 2 fully saturated rings. The Kier molecular flexibility index (Phi) is 10.0. The molecule has 1 saturated carbocycles. The zero-order chi connectivity index (χ0) is 31.7. The zero-order valence-electron chi connectivity index (χ0n) is 26.2. The third kappa shape index (κ3) is 7.04. The minimum absolute atomic E-state index is 0.0457. The lowest BCUT2D eigenvalue weighted by molar-refractivity contribution is -0.128. The van der Waals surface area contributed by atoms with Crippen LogP contribution in [0.25, 0.3) is 5.57 Å². The van der Waals surface area contributed by atoms with E-state index in [9.17, 15) is 4.79 Å². The highest BCUT2D eigenvalue weighted by Gasteiger charge is 2.41. The topological polar surface area (TPSA) is 85.0 Å². The number of methoxy groups -OCH3 is 1. The fourth-order valence-electron chi connectivity index (χ4n) is 6.17. The quantitative estimate of drug-likeness (QED) is 0.220. The lowest BCUT2D eigenvalue weighted by atomic mass is 9.86. The van der Waals surface area contributed by atoms with Gasteiger partial charge in [0.1, 0.15) is 17.4 Å². The van der Waals surface area contributed by atoms with Gasteiger partial charge >= 0.3 is 0 Å². The van der Waals surface area contributed by atoms with Crippen LogP contribution in [-0.2, 0) is 22.7 Å². The molecule has 1 amide bonds. The monoisotopic (exact) mass is 670 g/mol. The van der Waals surface area contributed by atoms with Gasteiger partial charge in [0, 0.05) is 43.5 Å². The number of fused-ring (bicyclic) bond motifs is 2. The number of benzene rings is 2. The number of carbonyl (C=O) groups excluding carboxylic acids is 1. The minimum Gasteiger partial charge on any atom is -0.496 e. The van der Waals surface area contributed by atoms with Crippen molar-refractivity contribution in [3.05, 3.63) is 78.2 Å². The van der Waals surface area contributed by atoms with Gasteiger partial charge in [-0.05, 0) is 80.0 Å². The van der Waals surface area contributed by atoms with Crippen molar-refractivity contribution in [3.63, 3.8) is 0 Å². The van der Waals surface area contributed by atoms with Crippen LogP contribution in [-0.4, -0.2) is 67.3 Å². The molecule has 2 atom stereocenters. The number of hydrogen-bond acceptors (Lipinski definition) is 8. The number of halogens is 2. The van der Waals surface area contributed by atoms with Crippen molar-refractivity contribution in [2.45, 2.75) is 71.3 Å². The van der Waals surface area contributed by atoms with E-state index in [0.717, 1.165) is 81.4 Å². The Morgan fingerprint density at radius 2 is 1.96 bits per heavy atom. The van der Waals surface area contributed by atoms with Crippen molar-refractivity contribution in [2.75, 3.05) is 33.4 Å². The maximum Gasteiger partial charge on any atom is 0.252 e. The Balaban J connectivity index is 1.17. The first-order valence-corrected chi connectivity index (χ1v) is 17.1. The first-order chi connectivity index (χ1) is 21.7. The highest BCUT2D eigenvalue weighted by Crippen LogP contribution is 2.39. The SMILES string of the molecule is COc1cccc(CN(C(=O)C2=C(c3cnc(COCCOc4c(Cl)cc(C)c(C)c4Cl)s3)C[C@@H]3CNC[C@H]2N3)C2CC2)c1C. The van der Waals surface area contributed by atoms with Gasteiger partial charge < -0.3 is 29.7 Å². The number of nitrogens with zero attached hydrogens (tertiary/aromatic N) is 2. The molecule has 45 heavy (non-hydrogen) atoms. The van der Waals surface area contributed by atoms with Gasteiger partial charge in [-0.1, -0.05) is 35.3 Å². The van der Waals surface area contributed by atoms with Gasteiger partial charge in [0.25, 0.3) is 5.91 Å². The molecule has 3 heterocycles. The molecule has 6 rings (SSSR count). The maximum absolute atomic E-state index is 14.5. The standard InChI is InChI=1S/C34H40Cl2N4O4S/c1-19-12-26(35)33(32(36)20(19)2)44-11-10-43-18-30-38-16-29(45-30)25-13-23-14-37-15-27(39-23)31(25)34(41)40(24-8-9-24)17-22-6-5-7-28(42-4)21(22)3/h5-7,12,16,23-24,27,37,39H,8-11,13-15,17-18H2,1-4H3/t23-,27-/m1/s1. The molecule has 2 N–H and O–H groups in total. The lowest BCUT2D eigenvalue weighted by Gasteiger charge is -2.40. The number of nitrogens with one attached hydrogen (secondary N) is 2. The summed E-state index contributed by atoms with van der Waals surface area (Å²) in [6.45, 7) is 9.18. The van der Waals surface area contributed by atoms with Gasteiger partial charge in [0.15, 0.2) is 5.75 Å². The van der Waals surface area contributed by atoms with Crippen LogP contribution in [0.2, 0.25) is 10.0 Å². The molecule has 0 spiro atoms. The minimum atomic E-state index is -0.0457. The molecule has 11 heteroatoms. The Morgan fingerprint density at radius 3 is 2.73 bits per heavy atom. The summed E-state index contributed by atoms with van der Waals surface area (Å²) >= 11 is 14.4. The average Bonchev–Trinajstić information content (AvgIpc) is 3.76. The Labute approximate surface area is 279 Å². The number of hydrogen-bond donors (Lipinski definition) is 2. The van der Waals surface area contributed by atoms with E-state index in [0.29, 0.717) is 42.2 Å². The van der Waals surface area contributed by atoms with Crippen molar-refractivity contribution in [3.8, 4) is 11.5 Å². The molecule has 2 bridgehead atoms. The summed E-state index contributed by atoms with van der Waals surface area (Å²) in [5.41, 5.74) is 6.13. The summed E-state index contributed by atoms with van der Waals surface area (Å²) in [4.78, 5) is 22.3. The zero-order valence-corrected chi connectivity index (χ0v) is 28.5. The Hall–Kier alpha value is -2.66. The van der Waals surface area contributed by atoms with Gasteiger partial charge in [-0.25, -0.2) is 4.98 Å². The van der Waals surface area contributed by atoms with E-state index in [1.807, 2.05) is 38.2 Å². The van der Waals surface area contributed by atoms with Gasteiger partial charge in [-0.3, -0.25) is 4.79 Å². The first kappa shape index (κ1) is 32.3. The molecule has 3 aliphatic rings. The largest absolute Gasteiger partial charge is 0.496 e. The number of aromatic nitrogens is 1. The summed E-state index contributed by atoms with van der Waals surface area (Å²) in [6.07, 6.45) is 4.74. The molecule has 0 unspecified atom stereocenters. The molecule has 1 aliphatic carbocycles. The predicted molar refractivity (Wildman–Crippen MR) is 180 cm³/mol. The van der Waals surface area contributed by atoms with Gasteiger partial charge in [0.2, 0.25) is 0 Å². The number of ether oxygens (including phenoxy) is 3. The molecule has 2 aromatic carbocycles. The maximum atomic E-state index is 14.5. The van der Waals surface area contributed by atoms with Crippen molar-refractivity contribution in [1.29, 1.82) is 0 Å². The van der Waals surface area contributed by atoms with E-state index in [4.69, 9.17) is 37.4 Å². The van der Waals surface area contributed by atoms with Crippen LogP contribution < -0.4 is 20.1 Å². The summed E-state index contributed by atoms with van der Waals surface area (Å²) < 4.78 is 17.3. The molecule has 1 saturated heterocycles. The summed E-state index contributed by atoms with van der Waals surface area (Å²) in [6, 6.07) is 8.41. The molecule has 2 aliphatic heterocycles. The molecule has 3 aromatic rings. The summed E-state index contributed by atoms with van der Waals surface area (Å²) in [7, 11) is 1.69. The van der Waals surface area contributed by atoms with Crippen LogP contribution in [0.3, 0.4) is 0 Å². The van der Waals surface area contributed by atoms with Crippen molar-refractivity contribution in [1.82, 2.24) is 20.5 Å². The second-order valence-electron chi connectivity index (χ2n) is 12.0. The number of amides is 1. The second-order valence-corrected chi connectivity index (χ2v) is 13.9. The van der Waals surface area contributed by atoms with Crippen LogP contribution in [0.15, 0.2) is 36.0 Å². The third-order valence-electron chi connectivity index (χ3n) is 8.97. The van der Waals surface area contributed by atoms with Crippen LogP contribution >= 0.6 is 34.5 Å². The van der Waals surface area contributed by atoms with Gasteiger partial charge in [-0.15, -0.1) is 11.3 Å². The van der Waals surface area contributed by atoms with Crippen molar-refractivity contribution in [2.24, 2.45) is 0 Å². The van der Waals surface area contributed by atoms with Gasteiger partial charge in [0.05, 0.1) is 41.3 Å². The Bertz CT molecular complexity index is 1600. The smallest absolute Gasteiger partial charge is 0.252 e. The molecule has 240 valence electrons. The molecule has 1 aromatic heterocycles. The van der Waals surface area contributed by atoms with E-state index in [1.54, 1.807) is 18.4 Å². The van der Waals surface area contributed by atoms with E-state index in [-0.39, 0.29) is 24.0 Å². The fraction of sp³-hybridized carbons (Fsp3) is 0.471. The fourth-order valence-corrected chi connectivity index (χ4v) is 7.76. The van der Waals surface area contributed by atoms with Crippen LogP contribution in [0, 0.1) is 20.8 Å². The number of carbonyl (C=O) groups is 1. The molecule has 0 radical (unpaired) electrons. The number of rotatable bonds is 12. The lowest BCUT2D eigenvalue weighted by Crippen LogP contribution is -2.59. The average molecular weight is 672 g/mol. The normalized spacial score (nSPS) is 19.5. The van der Waals surface area contributed by atoms with Gasteiger partial charge in [-0.2, -0.15) is 0 Å². The van der Waals surface area contributed by atoms with E-state index in [1.165, 1.54) is 0 Å². The van der Waals surface area contributed by atoms with Crippen LogP contribution in [0.5, 0.6) is 11.5 Å². The van der Waals surface area contributed by atoms with E-state index >= 15 is 0 Å². The molecular weight excluding hydrogens is 631 g/mol. The highest BCUT2D eigenvalue weighted by atomic mass is 35.5. The Morgan fingerprint density at radius 1 is 1.13 bits per heavy atom. The summed E-state index contributed by atoms with van der Waals surface area (Å²) in [5.74, 6) is 1.44. The number of aryl methyl sites for hydroxylation is 1. The number of piperazine rings is 1. The summed E-state index contributed by atoms with van der Waals surface area (Å²) in [5, 5.41) is 9.12. The third-order valence-corrected chi connectivity index (χ3v) is 10.7. The highest BCUT2D eigenvalue weighted by molar-refractivity contribution is 7.12. The first-order valence-electron chi connectivity index (χ1n) is 15.5. The van der Waals surface area contributed by atoms with Crippen LogP contribution in [0.1, 0.15) is 51.4 Å². The number of thiazole rings is 1. The van der Waals surface area contributed by atoms with E-state index in [2.05, 4.69) is 33.5 Å². The predicted octanol–water partition coefficient (Wildman–Crippen LogP) is 6.26. The molecule has 8 nitrogen and oxygen atoms in total. The van der Waals surface area contributed by atoms with Crippen molar-refractivity contribution < 1.29 is 19.0 Å². The second kappa shape index (κ2) is 14.0. The molecular formula is C34H40Cl2N4O4S. The van der Waals surface area contributed by atoms with Crippen molar-refractivity contribution >= 4 is 46.0 Å². The van der Waals surface area contributed by atoms with E-state index < -0.39 is 0 Å².